The van der Waals surface area contributed by atoms with Crippen molar-refractivity contribution in [2.75, 3.05) is 17.2 Å². The van der Waals surface area contributed by atoms with Crippen LogP contribution in [0.3, 0.4) is 0 Å². The molecule has 0 radical (unpaired) electrons. The lowest BCUT2D eigenvalue weighted by Gasteiger charge is -2.23. The van der Waals surface area contributed by atoms with E-state index < -0.39 is 6.04 Å². The van der Waals surface area contributed by atoms with Gasteiger partial charge in [0.1, 0.15) is 6.04 Å². The monoisotopic (exact) mass is 281 g/mol. The third kappa shape index (κ3) is 3.38. The summed E-state index contributed by atoms with van der Waals surface area (Å²) >= 11 is 6.13. The molecule has 1 atom stereocenters. The van der Waals surface area contributed by atoms with Crippen LogP contribution in [0.15, 0.2) is 18.2 Å². The molecule has 1 aromatic rings. The molecule has 1 aliphatic rings. The minimum atomic E-state index is -0.390. The summed E-state index contributed by atoms with van der Waals surface area (Å²) in [5, 5.41) is 9.13. The molecule has 5 nitrogen and oxygen atoms in total. The summed E-state index contributed by atoms with van der Waals surface area (Å²) in [7, 11) is 0. The maximum absolute atomic E-state index is 11.6. The smallest absolute Gasteiger partial charge is 0.249 e. The second kappa shape index (κ2) is 5.93. The zero-order chi connectivity index (χ0) is 13.8. The van der Waals surface area contributed by atoms with Gasteiger partial charge in [0.15, 0.2) is 0 Å². The first-order valence-electron chi connectivity index (χ1n) is 6.24. The quantitative estimate of drug-likeness (QED) is 0.738. The number of benzene rings is 1. The van der Waals surface area contributed by atoms with Gasteiger partial charge in [-0.05, 0) is 31.5 Å². The van der Waals surface area contributed by atoms with Gasteiger partial charge in [-0.15, -0.1) is 0 Å². The zero-order valence-corrected chi connectivity index (χ0v) is 11.4. The number of rotatable bonds is 4. The molecule has 0 saturated carbocycles. The lowest BCUT2D eigenvalue weighted by atomic mass is 10.1. The molecule has 6 heteroatoms. The van der Waals surface area contributed by atoms with Crippen molar-refractivity contribution >= 4 is 34.8 Å². The van der Waals surface area contributed by atoms with Crippen LogP contribution in [0, 0.1) is 0 Å². The Hall–Kier alpha value is -1.75. The molecule has 1 fully saturated rings. The van der Waals surface area contributed by atoms with Gasteiger partial charge in [0.25, 0.3) is 0 Å². The largest absolute Gasteiger partial charge is 0.384 e. The lowest BCUT2D eigenvalue weighted by molar-refractivity contribution is -0.133. The molecule has 0 spiro atoms. The van der Waals surface area contributed by atoms with Gasteiger partial charge in [0.05, 0.1) is 10.7 Å². The van der Waals surface area contributed by atoms with Gasteiger partial charge >= 0.3 is 0 Å². The van der Waals surface area contributed by atoms with E-state index in [-0.39, 0.29) is 11.8 Å². The molecule has 19 heavy (non-hydrogen) atoms. The molecule has 1 heterocycles. The van der Waals surface area contributed by atoms with Gasteiger partial charge in [-0.2, -0.15) is 0 Å². The molecule has 0 aliphatic carbocycles. The van der Waals surface area contributed by atoms with Crippen LogP contribution in [-0.4, -0.2) is 24.4 Å². The van der Waals surface area contributed by atoms with Crippen LogP contribution in [0.2, 0.25) is 5.02 Å². The molecule has 1 aromatic carbocycles. The second-order valence-corrected chi connectivity index (χ2v) is 4.78. The summed E-state index contributed by atoms with van der Waals surface area (Å²) in [6, 6.07) is 5.09. The Labute approximate surface area is 116 Å². The Balaban J connectivity index is 2.05. The fourth-order valence-corrected chi connectivity index (χ4v) is 2.22. The summed E-state index contributed by atoms with van der Waals surface area (Å²) in [5.74, 6) is -0.508. The average molecular weight is 282 g/mol. The molecular formula is C13H16ClN3O2. The van der Waals surface area contributed by atoms with Gasteiger partial charge < -0.3 is 10.6 Å². The molecule has 0 bridgehead atoms. The number of hydrogen-bond donors (Lipinski definition) is 3. The molecule has 1 saturated heterocycles. The Morgan fingerprint density at radius 3 is 2.84 bits per heavy atom. The number of imide groups is 1. The van der Waals surface area contributed by atoms with Gasteiger partial charge in [-0.25, -0.2) is 0 Å². The topological polar surface area (TPSA) is 70.2 Å². The van der Waals surface area contributed by atoms with Crippen molar-refractivity contribution in [3.63, 3.8) is 0 Å². The first kappa shape index (κ1) is 13.7. The van der Waals surface area contributed by atoms with E-state index in [2.05, 4.69) is 16.0 Å². The van der Waals surface area contributed by atoms with Crippen LogP contribution >= 0.6 is 11.6 Å². The van der Waals surface area contributed by atoms with Crippen LogP contribution in [0.1, 0.15) is 19.8 Å². The van der Waals surface area contributed by atoms with E-state index in [0.717, 1.165) is 17.9 Å². The molecule has 3 N–H and O–H groups in total. The summed E-state index contributed by atoms with van der Waals surface area (Å²) in [6.07, 6.45) is 0.851. The van der Waals surface area contributed by atoms with E-state index in [9.17, 15) is 9.59 Å². The van der Waals surface area contributed by atoms with E-state index in [1.54, 1.807) is 6.07 Å². The average Bonchev–Trinajstić information content (AvgIpc) is 2.36. The Morgan fingerprint density at radius 2 is 2.21 bits per heavy atom. The van der Waals surface area contributed by atoms with Crippen LogP contribution in [0.4, 0.5) is 11.4 Å². The zero-order valence-electron chi connectivity index (χ0n) is 10.6. The van der Waals surface area contributed by atoms with Crippen LogP contribution < -0.4 is 16.0 Å². The Kier molecular flexibility index (Phi) is 4.27. The molecule has 2 amide bonds. The lowest BCUT2D eigenvalue weighted by Crippen LogP contribution is -2.47. The maximum atomic E-state index is 11.6. The number of carbonyl (C=O) groups excluding carboxylic acids is 2. The summed E-state index contributed by atoms with van der Waals surface area (Å²) < 4.78 is 0. The van der Waals surface area contributed by atoms with E-state index in [1.165, 1.54) is 0 Å². The number of anilines is 2. The second-order valence-electron chi connectivity index (χ2n) is 4.37. The fraction of sp³-hybridized carbons (Fsp3) is 0.385. The van der Waals surface area contributed by atoms with E-state index in [0.29, 0.717) is 17.9 Å². The standard InChI is InChI=1S/C13H16ClN3O2/c1-2-15-10-4-3-8(7-9(10)14)16-11-5-6-12(18)17-13(11)19/h3-4,7,11,15-16H,2,5-6H2,1H3,(H,17,18,19)/t11-/m1/s1. The highest BCUT2D eigenvalue weighted by Crippen LogP contribution is 2.26. The van der Waals surface area contributed by atoms with Gasteiger partial charge in [-0.1, -0.05) is 11.6 Å². The highest BCUT2D eigenvalue weighted by Gasteiger charge is 2.26. The van der Waals surface area contributed by atoms with Crippen molar-refractivity contribution in [1.29, 1.82) is 0 Å². The summed E-state index contributed by atoms with van der Waals surface area (Å²) in [5.41, 5.74) is 1.62. The third-order valence-corrected chi connectivity index (χ3v) is 3.23. The van der Waals surface area contributed by atoms with Crippen molar-refractivity contribution in [2.24, 2.45) is 0 Å². The van der Waals surface area contributed by atoms with E-state index in [4.69, 9.17) is 11.6 Å². The number of carbonyl (C=O) groups is 2. The molecule has 0 unspecified atom stereocenters. The maximum Gasteiger partial charge on any atom is 0.249 e. The summed E-state index contributed by atoms with van der Waals surface area (Å²) in [4.78, 5) is 22.7. The number of nitrogens with one attached hydrogen (secondary N) is 3. The fourth-order valence-electron chi connectivity index (χ4n) is 1.97. The molecule has 0 aromatic heterocycles. The minimum Gasteiger partial charge on any atom is -0.384 e. The van der Waals surface area contributed by atoms with Crippen LogP contribution in [0.25, 0.3) is 0 Å². The first-order valence-corrected chi connectivity index (χ1v) is 6.61. The number of halogens is 1. The van der Waals surface area contributed by atoms with E-state index >= 15 is 0 Å². The van der Waals surface area contributed by atoms with Crippen molar-refractivity contribution in [2.45, 2.75) is 25.8 Å². The third-order valence-electron chi connectivity index (χ3n) is 2.92. The molecule has 1 aliphatic heterocycles. The first-order chi connectivity index (χ1) is 9.10. The van der Waals surface area contributed by atoms with Crippen molar-refractivity contribution in [3.05, 3.63) is 23.2 Å². The van der Waals surface area contributed by atoms with Crippen LogP contribution in [-0.2, 0) is 9.59 Å². The predicted molar refractivity (Wildman–Crippen MR) is 75.4 cm³/mol. The Bertz CT molecular complexity index is 505. The highest BCUT2D eigenvalue weighted by molar-refractivity contribution is 6.33. The van der Waals surface area contributed by atoms with Crippen molar-refractivity contribution < 1.29 is 9.59 Å². The number of piperidine rings is 1. The SMILES string of the molecule is CCNc1ccc(N[C@@H]2CCC(=O)NC2=O)cc1Cl. The predicted octanol–water partition coefficient (Wildman–Crippen LogP) is 1.99. The van der Waals surface area contributed by atoms with Gasteiger partial charge in [-0.3, -0.25) is 14.9 Å². The van der Waals surface area contributed by atoms with Crippen molar-refractivity contribution in [3.8, 4) is 0 Å². The molecular weight excluding hydrogens is 266 g/mol. The Morgan fingerprint density at radius 1 is 1.42 bits per heavy atom. The minimum absolute atomic E-state index is 0.219. The normalized spacial score (nSPS) is 18.9. The highest BCUT2D eigenvalue weighted by atomic mass is 35.5. The molecule has 102 valence electrons. The number of hydrogen-bond acceptors (Lipinski definition) is 4. The van der Waals surface area contributed by atoms with Crippen LogP contribution in [0.5, 0.6) is 0 Å². The molecule has 2 rings (SSSR count). The van der Waals surface area contributed by atoms with Gasteiger partial charge in [0.2, 0.25) is 11.8 Å². The van der Waals surface area contributed by atoms with Gasteiger partial charge in [0, 0.05) is 18.7 Å². The van der Waals surface area contributed by atoms with E-state index in [1.807, 2.05) is 19.1 Å². The van der Waals surface area contributed by atoms with Crippen molar-refractivity contribution in [1.82, 2.24) is 5.32 Å². The number of amides is 2. The summed E-state index contributed by atoms with van der Waals surface area (Å²) in [6.45, 7) is 2.78.